The second kappa shape index (κ2) is 24.3. The maximum Gasteiger partial charge on any atom is 0.258 e. The first-order chi connectivity index (χ1) is 37.2. The Balaban J connectivity index is 0.000000188. The van der Waals surface area contributed by atoms with E-state index in [1.165, 1.54) is 44.6 Å². The molecule has 20 nitrogen and oxygen atoms in total. The molecule has 10 rings (SSSR count). The van der Waals surface area contributed by atoms with Crippen molar-refractivity contribution in [1.29, 1.82) is 0 Å². The Labute approximate surface area is 466 Å². The number of halogens is 5. The van der Waals surface area contributed by atoms with E-state index in [1.807, 2.05) is 25.1 Å². The summed E-state index contributed by atoms with van der Waals surface area (Å²) in [6, 6.07) is 13.8. The Morgan fingerprint density at radius 1 is 0.570 bits per heavy atom. The summed E-state index contributed by atoms with van der Waals surface area (Å²) in [6.45, 7) is 6.69. The molecule has 27 heteroatoms. The third-order valence-corrected chi connectivity index (χ3v) is 17.9. The van der Waals surface area contributed by atoms with Crippen LogP contribution in [0.5, 0.6) is 0 Å². The number of nitrogens with one attached hydrogen (secondary N) is 3. The SMILES string of the molecule is Cc1cc(NC(=O)c2ccc(Br)cc2N2CCC3(CC2)CC3)nc(N2CCC(F)(F)CC2)n1.Cc1cc(NC(=O)c2ccc(NS(=O)(=O)CCO)cc2N2CCC3(CC2)CC3)nc(N2CCC(F)(F)CC2)n1.NS(=O)(=O)CCO. The highest BCUT2D eigenvalue weighted by Gasteiger charge is 2.46. The lowest BCUT2D eigenvalue weighted by Crippen LogP contribution is -2.40. The van der Waals surface area contributed by atoms with Gasteiger partial charge in [0.1, 0.15) is 11.6 Å². The molecule has 0 bridgehead atoms. The summed E-state index contributed by atoms with van der Waals surface area (Å²) in [7, 11) is -7.16. The average molecular weight is 1210 g/mol. The van der Waals surface area contributed by atoms with Gasteiger partial charge in [0.05, 0.1) is 52.9 Å². The predicted molar refractivity (Wildman–Crippen MR) is 299 cm³/mol. The number of nitrogens with zero attached hydrogens (tertiary/aromatic N) is 8. The predicted octanol–water partition coefficient (Wildman–Crippen LogP) is 7.07. The molecule has 79 heavy (non-hydrogen) atoms. The number of aliphatic hydroxyl groups is 2. The van der Waals surface area contributed by atoms with Crippen LogP contribution in [-0.4, -0.2) is 148 Å². The van der Waals surface area contributed by atoms with Crippen LogP contribution in [0.4, 0.5) is 58.2 Å². The minimum Gasteiger partial charge on any atom is -0.395 e. The lowest BCUT2D eigenvalue weighted by molar-refractivity contribution is -0.0229. The number of benzene rings is 2. The Kier molecular flexibility index (Phi) is 18.4. The molecule has 7 N–H and O–H groups in total. The first kappa shape index (κ1) is 59.6. The second-order valence-electron chi connectivity index (χ2n) is 21.6. The minimum atomic E-state index is -3.74. The van der Waals surface area contributed by atoms with Gasteiger partial charge in [-0.05, 0) is 112 Å². The summed E-state index contributed by atoms with van der Waals surface area (Å²) in [5.74, 6) is -5.47. The van der Waals surface area contributed by atoms with Crippen LogP contribution in [0.1, 0.15) is 109 Å². The van der Waals surface area contributed by atoms with E-state index in [2.05, 4.69) is 66.2 Å². The quantitative estimate of drug-likeness (QED) is 0.0689. The topological polar surface area (TPSA) is 270 Å². The van der Waals surface area contributed by atoms with Gasteiger partial charge in [0, 0.05) is 106 Å². The number of rotatable bonds is 14. The molecule has 2 aromatic carbocycles. The first-order valence-corrected chi connectivity index (χ1v) is 30.7. The summed E-state index contributed by atoms with van der Waals surface area (Å²) in [5, 5.41) is 27.2. The van der Waals surface area contributed by atoms with E-state index in [0.29, 0.717) is 62.4 Å². The number of hydrogen-bond donors (Lipinski definition) is 6. The number of aryl methyl sites for hydroxylation is 2. The van der Waals surface area contributed by atoms with Crippen LogP contribution in [0.15, 0.2) is 53.0 Å². The van der Waals surface area contributed by atoms with Crippen molar-refractivity contribution in [3.8, 4) is 0 Å². The van der Waals surface area contributed by atoms with Gasteiger partial charge in [0.2, 0.25) is 31.9 Å². The van der Waals surface area contributed by atoms with E-state index in [-0.39, 0.29) is 69.3 Å². The van der Waals surface area contributed by atoms with Gasteiger partial charge in [-0.25, -0.2) is 49.5 Å². The number of piperidine rings is 4. The highest BCUT2D eigenvalue weighted by molar-refractivity contribution is 9.10. The van der Waals surface area contributed by atoms with Gasteiger partial charge >= 0.3 is 0 Å². The molecule has 2 spiro atoms. The lowest BCUT2D eigenvalue weighted by Gasteiger charge is -2.35. The number of sulfonamides is 2. The van der Waals surface area contributed by atoms with Crippen LogP contribution in [0.25, 0.3) is 0 Å². The number of aliphatic hydroxyl groups excluding tert-OH is 2. The van der Waals surface area contributed by atoms with Crippen LogP contribution >= 0.6 is 15.9 Å². The van der Waals surface area contributed by atoms with Crippen molar-refractivity contribution in [1.82, 2.24) is 19.9 Å². The number of primary sulfonamides is 1. The van der Waals surface area contributed by atoms with Crippen LogP contribution in [0, 0.1) is 24.7 Å². The zero-order valence-electron chi connectivity index (χ0n) is 44.3. The molecular weight excluding hydrogens is 1140 g/mol. The van der Waals surface area contributed by atoms with Gasteiger partial charge in [-0.15, -0.1) is 0 Å². The van der Waals surface area contributed by atoms with Crippen molar-refractivity contribution >= 4 is 88.4 Å². The Hall–Kier alpha value is -5.48. The molecule has 6 aliphatic rings. The Morgan fingerprint density at radius 3 is 1.34 bits per heavy atom. The van der Waals surface area contributed by atoms with E-state index >= 15 is 0 Å². The van der Waals surface area contributed by atoms with E-state index in [9.17, 15) is 44.0 Å². The smallest absolute Gasteiger partial charge is 0.258 e. The van der Waals surface area contributed by atoms with E-state index in [1.54, 1.807) is 41.0 Å². The largest absolute Gasteiger partial charge is 0.395 e. The van der Waals surface area contributed by atoms with Crippen molar-refractivity contribution in [2.24, 2.45) is 16.0 Å². The lowest BCUT2D eigenvalue weighted by atomic mass is 9.93. The molecule has 2 amide bonds. The molecule has 0 radical (unpaired) electrons. The second-order valence-corrected chi connectivity index (χ2v) is 26.1. The highest BCUT2D eigenvalue weighted by atomic mass is 79.9. The average Bonchev–Trinajstić information content (AvgIpc) is 4.33. The Morgan fingerprint density at radius 2 is 0.962 bits per heavy atom. The first-order valence-electron chi connectivity index (χ1n) is 26.5. The number of amides is 2. The molecule has 6 heterocycles. The fraction of sp³-hybridized carbons (Fsp3) is 0.577. The molecule has 4 saturated heterocycles. The molecule has 6 fully saturated rings. The van der Waals surface area contributed by atoms with Crippen LogP contribution < -0.4 is 40.1 Å². The van der Waals surface area contributed by atoms with E-state index in [4.69, 9.17) is 10.2 Å². The molecule has 4 aliphatic heterocycles. The van der Waals surface area contributed by atoms with Gasteiger partial charge < -0.3 is 40.4 Å². The van der Waals surface area contributed by atoms with Crippen LogP contribution in [-0.2, 0) is 20.0 Å². The standard InChI is InChI=1S/C26H34F2N6O4S.C24H28BrF2N5O.C2H7NO3S/c1-18-16-22(31-24(29-18)34-12-8-26(27,28)9-13-34)30-23(36)20-3-2-19(32-39(37,38)15-14-35)17-21(20)33-10-6-25(4-5-25)7-11-33;1-16-14-20(30-22(28-16)32-12-8-24(26,27)9-13-32)29-21(33)18-3-2-17(25)15-19(18)31-10-6-23(4-5-23)7-11-31;3-7(5,6)2-1-4/h2-3,16-17,32,35H,4-15H2,1H3,(H,29,30,31,36);2-3,14-15H,4-13H2,1H3,(H,28,29,30,33);4H,1-2H2,(H2,3,5,6). The monoisotopic (exact) mass is 1210 g/mol. The number of alkyl halides is 4. The van der Waals surface area contributed by atoms with Crippen molar-refractivity contribution in [2.45, 2.75) is 103 Å². The minimum absolute atomic E-state index is 0.123. The third-order valence-electron chi connectivity index (χ3n) is 15.4. The number of anilines is 7. The highest BCUT2D eigenvalue weighted by Crippen LogP contribution is 2.55. The van der Waals surface area contributed by atoms with Crippen LogP contribution in [0.3, 0.4) is 0 Å². The maximum absolute atomic E-state index is 13.6. The van der Waals surface area contributed by atoms with Gasteiger partial charge in [0.25, 0.3) is 23.7 Å². The molecular formula is C52H69BrF4N12O8S2. The van der Waals surface area contributed by atoms with E-state index in [0.717, 1.165) is 49.2 Å². The normalized spacial score (nSPS) is 19.8. The molecule has 0 unspecified atom stereocenters. The molecule has 2 aromatic heterocycles. The van der Waals surface area contributed by atoms with Gasteiger partial charge in [-0.2, -0.15) is 9.97 Å². The molecule has 432 valence electrons. The molecule has 4 aromatic rings. The van der Waals surface area contributed by atoms with Crippen LogP contribution in [0.2, 0.25) is 0 Å². The number of hydrogen-bond acceptors (Lipinski definition) is 16. The van der Waals surface area contributed by atoms with Crippen molar-refractivity contribution in [2.75, 3.05) is 112 Å². The third kappa shape index (κ3) is 16.6. The van der Waals surface area contributed by atoms with Crippen molar-refractivity contribution < 1.29 is 54.2 Å². The van der Waals surface area contributed by atoms with E-state index < -0.39 is 56.8 Å². The molecule has 2 aliphatic carbocycles. The summed E-state index contributed by atoms with van der Waals surface area (Å²) in [6.07, 6.45) is 8.48. The van der Waals surface area contributed by atoms with Crippen molar-refractivity contribution in [3.63, 3.8) is 0 Å². The molecule has 0 atom stereocenters. The number of carbonyl (C=O) groups is 2. The summed E-state index contributed by atoms with van der Waals surface area (Å²) >= 11 is 3.55. The fourth-order valence-corrected chi connectivity index (χ4v) is 11.7. The maximum atomic E-state index is 13.6. The van der Waals surface area contributed by atoms with Gasteiger partial charge in [-0.3, -0.25) is 14.3 Å². The number of carbonyl (C=O) groups excluding carboxylic acids is 2. The summed E-state index contributed by atoms with van der Waals surface area (Å²) < 4.78 is 102. The number of aromatic nitrogens is 4. The Bertz CT molecular complexity index is 3060. The van der Waals surface area contributed by atoms with Gasteiger partial charge in [-0.1, -0.05) is 15.9 Å². The number of nitrogens with two attached hydrogens (primary N) is 1. The van der Waals surface area contributed by atoms with Gasteiger partial charge in [0.15, 0.2) is 0 Å². The fourth-order valence-electron chi connectivity index (χ4n) is 10.2. The summed E-state index contributed by atoms with van der Waals surface area (Å²) in [5.41, 5.74) is 5.02. The van der Waals surface area contributed by atoms with Crippen molar-refractivity contribution in [3.05, 3.63) is 75.5 Å². The summed E-state index contributed by atoms with van der Waals surface area (Å²) in [4.78, 5) is 52.4. The zero-order valence-corrected chi connectivity index (χ0v) is 47.5. The molecule has 2 saturated carbocycles. The zero-order chi connectivity index (χ0) is 57.0.